The monoisotopic (exact) mass is 1030 g/mol. The van der Waals surface area contributed by atoms with Crippen molar-refractivity contribution in [2.45, 2.75) is 105 Å². The zero-order chi connectivity index (χ0) is 54.4. The highest BCUT2D eigenvalue weighted by Crippen LogP contribution is 2.35. The van der Waals surface area contributed by atoms with Gasteiger partial charge in [-0.15, -0.1) is 0 Å². The summed E-state index contributed by atoms with van der Waals surface area (Å²) in [5.41, 5.74) is 4.46. The third kappa shape index (κ3) is 14.8. The summed E-state index contributed by atoms with van der Waals surface area (Å²) in [6.07, 6.45) is -10.9. The van der Waals surface area contributed by atoms with E-state index in [1.807, 2.05) is 0 Å². The van der Waals surface area contributed by atoms with Crippen molar-refractivity contribution in [3.05, 3.63) is 110 Å². The second kappa shape index (κ2) is 22.0. The van der Waals surface area contributed by atoms with Gasteiger partial charge in [-0.1, -0.05) is 22.4 Å². The number of amides is 3. The number of imide groups is 1. The number of nitrogens with zero attached hydrogens (tertiary/aromatic N) is 6. The molecule has 5 rings (SSSR count). The maximum atomic E-state index is 14.8. The van der Waals surface area contributed by atoms with Crippen LogP contribution in [0.2, 0.25) is 0 Å². The van der Waals surface area contributed by atoms with Gasteiger partial charge in [0.1, 0.15) is 17.7 Å². The van der Waals surface area contributed by atoms with Gasteiger partial charge < -0.3 is 41.3 Å². The third-order valence-electron chi connectivity index (χ3n) is 9.01. The Hall–Kier alpha value is -7.94. The molecule has 18 nitrogen and oxygen atoms in total. The normalized spacial score (nSPS) is 12.2. The number of hydrogen-bond donors (Lipinski definition) is 5. The highest BCUT2D eigenvalue weighted by atomic mass is 19.4. The highest BCUT2D eigenvalue weighted by molar-refractivity contribution is 5.97. The van der Waals surface area contributed by atoms with Crippen LogP contribution in [0.5, 0.6) is 0 Å². The molecule has 5 aromatic rings. The number of ether oxygens (including phenoxy) is 2. The molecule has 7 N–H and O–H groups in total. The number of anilines is 2. The van der Waals surface area contributed by atoms with Crippen molar-refractivity contribution in [3.8, 4) is 22.6 Å². The number of nitrogens with one attached hydrogen (secondary N) is 2. The molecule has 2 aromatic heterocycles. The maximum absolute atomic E-state index is 14.8. The van der Waals surface area contributed by atoms with Gasteiger partial charge in [-0.05, 0) is 85.7 Å². The number of alkyl halides is 6. The van der Waals surface area contributed by atoms with Gasteiger partial charge in [0.15, 0.2) is 34.9 Å². The quantitative estimate of drug-likeness (QED) is 0.0207. The molecule has 0 unspecified atom stereocenters. The Kier molecular flexibility index (Phi) is 17.3. The van der Waals surface area contributed by atoms with Crippen molar-refractivity contribution in [2.75, 3.05) is 11.1 Å². The summed E-state index contributed by atoms with van der Waals surface area (Å²) in [4.78, 5) is 58.4. The topological polar surface area (TPSA) is 255 Å². The lowest BCUT2D eigenvalue weighted by Gasteiger charge is -2.28. The second-order valence-corrected chi connectivity index (χ2v) is 17.6. The van der Waals surface area contributed by atoms with Crippen LogP contribution in [0.4, 0.5) is 65.0 Å². The summed E-state index contributed by atoms with van der Waals surface area (Å²) in [7, 11) is 0. The molecule has 0 aliphatic rings. The summed E-state index contributed by atoms with van der Waals surface area (Å²) in [5.74, 6) is -10.3. The minimum Gasteiger partial charge on any atom is -0.443 e. The molecule has 28 heteroatoms. The number of rotatable bonds is 11. The Balaban J connectivity index is 0.000000347. The second-order valence-electron chi connectivity index (χ2n) is 17.6. The number of amidine groups is 1. The van der Waals surface area contributed by atoms with Crippen molar-refractivity contribution < 1.29 is 77.5 Å². The predicted molar refractivity (Wildman–Crippen MR) is 235 cm³/mol. The van der Waals surface area contributed by atoms with Crippen LogP contribution in [0.3, 0.4) is 0 Å². The molecular weight excluding hydrogens is 987 g/mol. The summed E-state index contributed by atoms with van der Waals surface area (Å²) >= 11 is 0. The molecule has 2 heterocycles. The van der Waals surface area contributed by atoms with E-state index in [-0.39, 0.29) is 34.4 Å². The number of carbonyl (C=O) groups is 3. The van der Waals surface area contributed by atoms with Crippen LogP contribution < -0.4 is 27.7 Å². The Morgan fingerprint density at radius 3 is 1.96 bits per heavy atom. The first-order chi connectivity index (χ1) is 33.1. The smallest absolute Gasteiger partial charge is 0.443 e. The molecule has 3 amide bonds. The van der Waals surface area contributed by atoms with Crippen LogP contribution in [-0.4, -0.2) is 71.0 Å². The van der Waals surface area contributed by atoms with Crippen molar-refractivity contribution in [3.63, 3.8) is 0 Å². The van der Waals surface area contributed by atoms with E-state index in [0.29, 0.717) is 11.0 Å². The molecule has 0 atom stereocenters. The van der Waals surface area contributed by atoms with Gasteiger partial charge in [-0.3, -0.25) is 14.2 Å². The lowest BCUT2D eigenvalue weighted by Crippen LogP contribution is -2.43. The number of aromatic nitrogens is 4. The van der Waals surface area contributed by atoms with Crippen molar-refractivity contribution in [2.24, 2.45) is 10.9 Å². The van der Waals surface area contributed by atoms with Crippen molar-refractivity contribution in [1.82, 2.24) is 29.9 Å². The van der Waals surface area contributed by atoms with Crippen LogP contribution in [0.1, 0.15) is 83.5 Å². The number of carbonyl (C=O) groups excluding carboxylic acids is 3. The minimum absolute atomic E-state index is 0.176. The summed E-state index contributed by atoms with van der Waals surface area (Å²) < 4.78 is 152. The number of halogens is 10. The molecule has 0 saturated heterocycles. The fourth-order valence-electron chi connectivity index (χ4n) is 5.92. The molecule has 0 aliphatic heterocycles. The zero-order valence-corrected chi connectivity index (χ0v) is 39.2. The molecule has 0 saturated carbocycles. The Bertz CT molecular complexity index is 2880. The molecule has 0 bridgehead atoms. The summed E-state index contributed by atoms with van der Waals surface area (Å²) in [5, 5.41) is 19.3. The van der Waals surface area contributed by atoms with Crippen LogP contribution >= 0.6 is 0 Å². The van der Waals surface area contributed by atoms with Crippen molar-refractivity contribution in [1.29, 1.82) is 0 Å². The first-order valence-electron chi connectivity index (χ1n) is 20.8. The maximum Gasteiger partial charge on any atom is 0.471 e. The third-order valence-corrected chi connectivity index (χ3v) is 9.01. The van der Waals surface area contributed by atoms with E-state index < -0.39 is 130 Å². The SMILES string of the molecule is CC(C)(C)OC(=O)N(Cc1ccc(/C(N)=N/O)c(F)c1F)C(=O)OC(C)(C)C.CC(C)Nc1ncc(-c2cc(N)cc(C(F)(F)F)c2)n(CC(=O)NCc2ccc(-c3noc(C(F)(F)F)n3)c(F)c2F)c1=O. The first-order valence-corrected chi connectivity index (χ1v) is 20.8. The summed E-state index contributed by atoms with van der Waals surface area (Å²) in [6.45, 7) is 10.8. The van der Waals surface area contributed by atoms with Crippen LogP contribution in [0.15, 0.2) is 63.1 Å². The van der Waals surface area contributed by atoms with Gasteiger partial charge >= 0.3 is 30.4 Å². The van der Waals surface area contributed by atoms with Gasteiger partial charge in [-0.25, -0.2) is 37.0 Å². The van der Waals surface area contributed by atoms with Gasteiger partial charge in [0, 0.05) is 35.0 Å². The number of nitrogens with two attached hydrogens (primary N) is 2. The number of benzene rings is 3. The Morgan fingerprint density at radius 1 is 0.847 bits per heavy atom. The van der Waals surface area contributed by atoms with Crippen LogP contribution in [0.25, 0.3) is 22.6 Å². The lowest BCUT2D eigenvalue weighted by atomic mass is 10.1. The molecule has 390 valence electrons. The number of hydrogen-bond acceptors (Lipinski definition) is 14. The average molecular weight is 1030 g/mol. The molecular formula is C44H46F10N10O8. The number of oxime groups is 1. The van der Waals surface area contributed by atoms with E-state index in [1.54, 1.807) is 55.4 Å². The van der Waals surface area contributed by atoms with Gasteiger partial charge in [0.25, 0.3) is 5.56 Å². The van der Waals surface area contributed by atoms with Crippen molar-refractivity contribution >= 4 is 35.4 Å². The van der Waals surface area contributed by atoms with Crippen LogP contribution in [-0.2, 0) is 46.3 Å². The van der Waals surface area contributed by atoms with E-state index in [9.17, 15) is 63.1 Å². The zero-order valence-electron chi connectivity index (χ0n) is 39.2. The summed E-state index contributed by atoms with van der Waals surface area (Å²) in [6, 6.07) is 6.26. The van der Waals surface area contributed by atoms with Gasteiger partial charge in [0.2, 0.25) is 11.7 Å². The molecule has 3 aromatic carbocycles. The van der Waals surface area contributed by atoms with E-state index in [2.05, 4.69) is 35.4 Å². The Labute approximate surface area is 402 Å². The molecule has 0 fully saturated rings. The van der Waals surface area contributed by atoms with Gasteiger partial charge in [0.05, 0.1) is 35.1 Å². The van der Waals surface area contributed by atoms with E-state index >= 15 is 0 Å². The first kappa shape index (κ1) is 56.6. The molecule has 72 heavy (non-hydrogen) atoms. The Morgan fingerprint density at radius 2 is 1.43 bits per heavy atom. The minimum atomic E-state index is -5.01. The van der Waals surface area contributed by atoms with E-state index in [0.717, 1.165) is 47.2 Å². The average Bonchev–Trinajstić information content (AvgIpc) is 3.75. The fraction of sp³-hybridized carbons (Fsp3) is 0.364. The largest absolute Gasteiger partial charge is 0.471 e. The molecule has 0 radical (unpaired) electrons. The standard InChI is InChI=1S/C26H21F8N7O3.C18H25F2N3O5/c1-11(2)38-22-23(43)41(17(9-37-22)13-5-14(25(29,30)31)7-15(35)6-13)10-18(42)36-8-12-3-4-16(20(28)19(12)27)21-39-24(44-40-21)26(32,33)34;1-17(2,3)27-15(24)23(16(25)28-18(4,5)6)9-10-7-8-11(14(21)22-26)13(20)12(10)19/h3-7,9,11H,8,10,35H2,1-2H3,(H,36,42)(H,37,38);7-8,26H,9H2,1-6H3,(H2,21,22). The highest BCUT2D eigenvalue weighted by Gasteiger charge is 2.39. The van der Waals surface area contributed by atoms with Gasteiger partial charge in [-0.2, -0.15) is 31.3 Å². The molecule has 0 aliphatic carbocycles. The van der Waals surface area contributed by atoms with E-state index in [4.69, 9.17) is 26.1 Å². The predicted octanol–water partition coefficient (Wildman–Crippen LogP) is 8.73. The lowest BCUT2D eigenvalue weighted by molar-refractivity contribution is -0.159. The fourth-order valence-corrected chi connectivity index (χ4v) is 5.92. The number of nitrogen functional groups attached to an aromatic ring is 1. The molecule has 0 spiro atoms. The van der Waals surface area contributed by atoms with Crippen LogP contribution in [0, 0.1) is 23.3 Å². The van der Waals surface area contributed by atoms with E-state index in [1.165, 1.54) is 0 Å².